The molecule has 0 unspecified atom stereocenters. The van der Waals surface area contributed by atoms with Crippen LogP contribution in [-0.4, -0.2) is 18.2 Å². The zero-order valence-electron chi connectivity index (χ0n) is 14.3. The summed E-state index contributed by atoms with van der Waals surface area (Å²) >= 11 is 0. The second-order valence-corrected chi connectivity index (χ2v) is 6.04. The van der Waals surface area contributed by atoms with Gasteiger partial charge in [-0.15, -0.1) is 0 Å². The SMILES string of the molecule is COc1cccc([C@@H]2OC(=O)N[C@H]2c2cccc(-c3ccccc3)n2)c1. The third-order valence-corrected chi connectivity index (χ3v) is 4.39. The first-order chi connectivity index (χ1) is 12.7. The Labute approximate surface area is 151 Å². The first-order valence-corrected chi connectivity index (χ1v) is 8.38. The average molecular weight is 346 g/mol. The molecule has 1 fully saturated rings. The highest BCUT2D eigenvalue weighted by Gasteiger charge is 2.37. The Morgan fingerprint density at radius 2 is 1.81 bits per heavy atom. The van der Waals surface area contributed by atoms with Gasteiger partial charge in [0.05, 0.1) is 18.5 Å². The molecule has 2 atom stereocenters. The molecule has 2 heterocycles. The molecule has 0 bridgehead atoms. The predicted molar refractivity (Wildman–Crippen MR) is 97.8 cm³/mol. The normalized spacial score (nSPS) is 18.9. The second kappa shape index (κ2) is 6.88. The molecule has 2 aromatic carbocycles. The molecule has 0 aliphatic carbocycles. The molecule has 3 aromatic rings. The largest absolute Gasteiger partial charge is 0.497 e. The highest BCUT2D eigenvalue weighted by atomic mass is 16.6. The molecule has 0 radical (unpaired) electrons. The summed E-state index contributed by atoms with van der Waals surface area (Å²) < 4.78 is 10.8. The number of nitrogens with zero attached hydrogens (tertiary/aromatic N) is 1. The zero-order valence-corrected chi connectivity index (χ0v) is 14.3. The van der Waals surface area contributed by atoms with Gasteiger partial charge in [-0.3, -0.25) is 4.98 Å². The number of amides is 1. The number of ether oxygens (including phenoxy) is 2. The number of benzene rings is 2. The molecule has 1 aliphatic heterocycles. The Kier molecular flexibility index (Phi) is 4.27. The number of carbonyl (C=O) groups excluding carboxylic acids is 1. The maximum atomic E-state index is 11.9. The number of nitrogens with one attached hydrogen (secondary N) is 1. The standard InChI is InChI=1S/C21H18N2O3/c1-25-16-10-5-9-15(13-16)20-19(23-21(24)26-20)18-12-6-11-17(22-18)14-7-3-2-4-8-14/h2-13,19-20H,1H3,(H,23,24)/t19-,20-/m0/s1. The number of alkyl carbamates (subject to hydrolysis) is 1. The molecule has 130 valence electrons. The Morgan fingerprint density at radius 1 is 1.00 bits per heavy atom. The summed E-state index contributed by atoms with van der Waals surface area (Å²) in [5, 5.41) is 2.87. The van der Waals surface area contributed by atoms with Crippen molar-refractivity contribution in [2.24, 2.45) is 0 Å². The van der Waals surface area contributed by atoms with Gasteiger partial charge in [0.1, 0.15) is 11.8 Å². The van der Waals surface area contributed by atoms with E-state index in [1.54, 1.807) is 7.11 Å². The van der Waals surface area contributed by atoms with Gasteiger partial charge in [-0.2, -0.15) is 0 Å². The summed E-state index contributed by atoms with van der Waals surface area (Å²) in [7, 11) is 1.61. The number of hydrogen-bond donors (Lipinski definition) is 1. The van der Waals surface area contributed by atoms with Gasteiger partial charge in [-0.05, 0) is 29.8 Å². The van der Waals surface area contributed by atoms with Gasteiger partial charge in [0.25, 0.3) is 0 Å². The number of cyclic esters (lactones) is 1. The third kappa shape index (κ3) is 3.11. The topological polar surface area (TPSA) is 60.5 Å². The zero-order chi connectivity index (χ0) is 17.9. The Hall–Kier alpha value is -3.34. The van der Waals surface area contributed by atoms with Crippen LogP contribution in [0.25, 0.3) is 11.3 Å². The van der Waals surface area contributed by atoms with Gasteiger partial charge in [-0.1, -0.05) is 48.5 Å². The molecule has 0 spiro atoms. The van der Waals surface area contributed by atoms with Gasteiger partial charge in [0.15, 0.2) is 6.10 Å². The van der Waals surface area contributed by atoms with E-state index in [2.05, 4.69) is 5.32 Å². The second-order valence-electron chi connectivity index (χ2n) is 6.04. The van der Waals surface area contributed by atoms with Crippen LogP contribution in [0.2, 0.25) is 0 Å². The first kappa shape index (κ1) is 16.1. The average Bonchev–Trinajstić information content (AvgIpc) is 3.11. The molecule has 5 heteroatoms. The fourth-order valence-electron chi connectivity index (χ4n) is 3.12. The molecule has 5 nitrogen and oxygen atoms in total. The van der Waals surface area contributed by atoms with Gasteiger partial charge in [-0.25, -0.2) is 4.79 Å². The van der Waals surface area contributed by atoms with E-state index < -0.39 is 12.2 Å². The first-order valence-electron chi connectivity index (χ1n) is 8.38. The van der Waals surface area contributed by atoms with Crippen molar-refractivity contribution in [3.8, 4) is 17.0 Å². The van der Waals surface area contributed by atoms with Crippen molar-refractivity contribution < 1.29 is 14.3 Å². The van der Waals surface area contributed by atoms with Gasteiger partial charge in [0.2, 0.25) is 0 Å². The molecule has 4 rings (SSSR count). The van der Waals surface area contributed by atoms with Crippen LogP contribution in [0, 0.1) is 0 Å². The van der Waals surface area contributed by atoms with Gasteiger partial charge >= 0.3 is 6.09 Å². The summed E-state index contributed by atoms with van der Waals surface area (Å²) in [5.74, 6) is 0.718. The maximum Gasteiger partial charge on any atom is 0.408 e. The maximum absolute atomic E-state index is 11.9. The van der Waals surface area contributed by atoms with Crippen LogP contribution in [-0.2, 0) is 4.74 Å². The minimum Gasteiger partial charge on any atom is -0.497 e. The van der Waals surface area contributed by atoms with E-state index in [-0.39, 0.29) is 6.04 Å². The molecule has 1 saturated heterocycles. The summed E-state index contributed by atoms with van der Waals surface area (Å²) in [4.78, 5) is 16.7. The fourth-order valence-corrected chi connectivity index (χ4v) is 3.12. The lowest BCUT2D eigenvalue weighted by molar-refractivity contribution is 0.131. The van der Waals surface area contributed by atoms with Gasteiger partial charge < -0.3 is 14.8 Å². The lowest BCUT2D eigenvalue weighted by Crippen LogP contribution is -2.20. The van der Waals surface area contributed by atoms with E-state index in [0.29, 0.717) is 0 Å². The smallest absolute Gasteiger partial charge is 0.408 e. The predicted octanol–water partition coefficient (Wildman–Crippen LogP) is 4.28. The van der Waals surface area contributed by atoms with Crippen LogP contribution in [0.15, 0.2) is 72.8 Å². The highest BCUT2D eigenvalue weighted by Crippen LogP contribution is 2.37. The summed E-state index contributed by atoms with van der Waals surface area (Å²) in [6, 6.07) is 22.9. The Balaban J connectivity index is 1.70. The quantitative estimate of drug-likeness (QED) is 0.766. The van der Waals surface area contributed by atoms with Crippen molar-refractivity contribution in [1.29, 1.82) is 0 Å². The van der Waals surface area contributed by atoms with E-state index in [1.807, 2.05) is 72.8 Å². The van der Waals surface area contributed by atoms with Crippen LogP contribution in [0.1, 0.15) is 23.4 Å². The molecule has 1 aliphatic rings. The molecule has 1 aromatic heterocycles. The van der Waals surface area contributed by atoms with Crippen molar-refractivity contribution in [2.75, 3.05) is 7.11 Å². The molecule has 1 amide bonds. The van der Waals surface area contributed by atoms with Crippen molar-refractivity contribution in [2.45, 2.75) is 12.1 Å². The van der Waals surface area contributed by atoms with Crippen LogP contribution in [0.5, 0.6) is 5.75 Å². The number of methoxy groups -OCH3 is 1. The van der Waals surface area contributed by atoms with Crippen molar-refractivity contribution in [1.82, 2.24) is 10.3 Å². The van der Waals surface area contributed by atoms with Crippen molar-refractivity contribution in [3.63, 3.8) is 0 Å². The molecular weight excluding hydrogens is 328 g/mol. The van der Waals surface area contributed by atoms with Crippen molar-refractivity contribution in [3.05, 3.63) is 84.1 Å². The number of aromatic nitrogens is 1. The Morgan fingerprint density at radius 3 is 2.62 bits per heavy atom. The molecule has 26 heavy (non-hydrogen) atoms. The van der Waals surface area contributed by atoms with E-state index >= 15 is 0 Å². The third-order valence-electron chi connectivity index (χ3n) is 4.39. The minimum absolute atomic E-state index is 0.363. The fraction of sp³-hybridized carbons (Fsp3) is 0.143. The van der Waals surface area contributed by atoms with E-state index in [4.69, 9.17) is 14.5 Å². The van der Waals surface area contributed by atoms with Gasteiger partial charge in [0, 0.05) is 5.56 Å². The monoisotopic (exact) mass is 346 g/mol. The van der Waals surface area contributed by atoms with E-state index in [9.17, 15) is 4.79 Å². The number of pyridine rings is 1. The van der Waals surface area contributed by atoms with E-state index in [1.165, 1.54) is 0 Å². The molecular formula is C21H18N2O3. The number of hydrogen-bond acceptors (Lipinski definition) is 4. The lowest BCUT2D eigenvalue weighted by Gasteiger charge is -2.18. The lowest BCUT2D eigenvalue weighted by atomic mass is 9.99. The number of carbonyl (C=O) groups is 1. The summed E-state index contributed by atoms with van der Waals surface area (Å²) in [5.41, 5.74) is 3.50. The van der Waals surface area contributed by atoms with Crippen LogP contribution >= 0.6 is 0 Å². The Bertz CT molecular complexity index is 927. The van der Waals surface area contributed by atoms with Crippen molar-refractivity contribution >= 4 is 6.09 Å². The summed E-state index contributed by atoms with van der Waals surface area (Å²) in [6.07, 6.45) is -0.911. The number of rotatable bonds is 4. The molecule has 0 saturated carbocycles. The highest BCUT2D eigenvalue weighted by molar-refractivity contribution is 5.71. The minimum atomic E-state index is -0.462. The van der Waals surface area contributed by atoms with Crippen LogP contribution < -0.4 is 10.1 Å². The van der Waals surface area contributed by atoms with Crippen LogP contribution in [0.4, 0.5) is 4.79 Å². The summed E-state index contributed by atoms with van der Waals surface area (Å²) in [6.45, 7) is 0. The van der Waals surface area contributed by atoms with E-state index in [0.717, 1.165) is 28.3 Å². The molecule has 1 N–H and O–H groups in total. The van der Waals surface area contributed by atoms with Crippen LogP contribution in [0.3, 0.4) is 0 Å².